The molecule has 0 bridgehead atoms. The van der Waals surface area contributed by atoms with Crippen molar-refractivity contribution < 1.29 is 4.79 Å². The summed E-state index contributed by atoms with van der Waals surface area (Å²) in [4.78, 5) is 11.4. The van der Waals surface area contributed by atoms with Crippen LogP contribution in [-0.4, -0.2) is 29.2 Å². The van der Waals surface area contributed by atoms with Gasteiger partial charge in [-0.25, -0.2) is 0 Å². The third kappa shape index (κ3) is 2.96. The number of carbonyl (C=O) groups excluding carboxylic acids is 1. The van der Waals surface area contributed by atoms with Crippen LogP contribution in [0.2, 0.25) is 0 Å². The second-order valence-electron chi connectivity index (χ2n) is 3.77. The summed E-state index contributed by atoms with van der Waals surface area (Å²) in [5, 5.41) is 7.01. The maximum atomic E-state index is 11.4. The van der Waals surface area contributed by atoms with Crippen LogP contribution in [0.25, 0.3) is 0 Å². The average molecular weight is 195 g/mol. The Hall–Kier alpha value is -1.16. The molecule has 0 spiro atoms. The van der Waals surface area contributed by atoms with Crippen molar-refractivity contribution in [2.75, 3.05) is 13.6 Å². The molecular weight excluding hydrogens is 178 g/mol. The largest absolute Gasteiger partial charge is 0.313 e. The molecule has 1 aromatic rings. The zero-order valence-corrected chi connectivity index (χ0v) is 8.95. The number of nitrogens with zero attached hydrogens (tertiary/aromatic N) is 2. The van der Waals surface area contributed by atoms with Crippen LogP contribution in [0.15, 0.2) is 12.3 Å². The van der Waals surface area contributed by atoms with Crippen LogP contribution in [0.4, 0.5) is 0 Å². The maximum Gasteiger partial charge on any atom is 0.196 e. The van der Waals surface area contributed by atoms with Crippen molar-refractivity contribution in [2.24, 2.45) is 5.92 Å². The minimum atomic E-state index is 0.0370. The molecule has 1 heterocycles. The third-order valence-corrected chi connectivity index (χ3v) is 1.82. The number of carbonyl (C=O) groups is 1. The first-order valence-corrected chi connectivity index (χ1v) is 4.84. The lowest BCUT2D eigenvalue weighted by Crippen LogP contribution is -2.19. The summed E-state index contributed by atoms with van der Waals surface area (Å²) >= 11 is 0. The lowest BCUT2D eigenvalue weighted by Gasteiger charge is -2.03. The van der Waals surface area contributed by atoms with Crippen LogP contribution in [0.5, 0.6) is 0 Å². The van der Waals surface area contributed by atoms with E-state index in [4.69, 9.17) is 0 Å². The number of hydrogen-bond acceptors (Lipinski definition) is 3. The van der Waals surface area contributed by atoms with Crippen molar-refractivity contribution >= 4 is 5.78 Å². The number of nitrogens with one attached hydrogen (secondary N) is 1. The van der Waals surface area contributed by atoms with Gasteiger partial charge in [0, 0.05) is 12.7 Å². The molecule has 1 rings (SSSR count). The Morgan fingerprint density at radius 1 is 1.64 bits per heavy atom. The van der Waals surface area contributed by atoms with Gasteiger partial charge in [-0.3, -0.25) is 9.48 Å². The predicted molar refractivity (Wildman–Crippen MR) is 55.3 cm³/mol. The lowest BCUT2D eigenvalue weighted by atomic mass is 10.2. The van der Waals surface area contributed by atoms with Crippen molar-refractivity contribution in [2.45, 2.75) is 20.4 Å². The number of ketones is 1. The van der Waals surface area contributed by atoms with E-state index in [-0.39, 0.29) is 5.78 Å². The molecule has 0 atom stereocenters. The zero-order chi connectivity index (χ0) is 10.6. The number of likely N-dealkylation sites (N-methyl/N-ethyl adjacent to an activating group) is 1. The summed E-state index contributed by atoms with van der Waals surface area (Å²) in [5.74, 6) is 0.581. The number of rotatable bonds is 5. The molecule has 1 N–H and O–H groups in total. The van der Waals surface area contributed by atoms with Gasteiger partial charge in [0.1, 0.15) is 5.69 Å². The Morgan fingerprint density at radius 3 is 2.93 bits per heavy atom. The molecule has 0 fully saturated rings. The highest BCUT2D eigenvalue weighted by atomic mass is 16.1. The zero-order valence-electron chi connectivity index (χ0n) is 8.95. The summed E-state index contributed by atoms with van der Waals surface area (Å²) in [5.41, 5.74) is 0.542. The van der Waals surface area contributed by atoms with E-state index in [1.807, 2.05) is 10.9 Å². The first-order chi connectivity index (χ1) is 6.63. The van der Waals surface area contributed by atoms with Crippen molar-refractivity contribution in [3.63, 3.8) is 0 Å². The average Bonchev–Trinajstić information content (AvgIpc) is 2.52. The van der Waals surface area contributed by atoms with E-state index in [1.165, 1.54) is 0 Å². The lowest BCUT2D eigenvalue weighted by molar-refractivity contribution is 0.0988. The van der Waals surface area contributed by atoms with Gasteiger partial charge in [-0.2, -0.15) is 5.10 Å². The van der Waals surface area contributed by atoms with Gasteiger partial charge in [0.05, 0.1) is 6.54 Å². The molecule has 0 unspecified atom stereocenters. The van der Waals surface area contributed by atoms with Crippen molar-refractivity contribution in [1.82, 2.24) is 15.1 Å². The fourth-order valence-corrected chi connectivity index (χ4v) is 1.24. The van der Waals surface area contributed by atoms with Crippen LogP contribution in [0.1, 0.15) is 24.3 Å². The second kappa shape index (κ2) is 4.91. The van der Waals surface area contributed by atoms with Gasteiger partial charge in [0.15, 0.2) is 5.78 Å². The molecule has 4 heteroatoms. The van der Waals surface area contributed by atoms with Gasteiger partial charge in [-0.05, 0) is 19.0 Å². The van der Waals surface area contributed by atoms with Crippen molar-refractivity contribution in [3.05, 3.63) is 18.0 Å². The first kappa shape index (κ1) is 10.9. The summed E-state index contributed by atoms with van der Waals surface area (Å²) < 4.78 is 1.81. The molecule has 14 heavy (non-hydrogen) atoms. The second-order valence-corrected chi connectivity index (χ2v) is 3.77. The highest BCUT2D eigenvalue weighted by Crippen LogP contribution is 2.01. The van der Waals surface area contributed by atoms with Gasteiger partial charge in [0.25, 0.3) is 0 Å². The summed E-state index contributed by atoms with van der Waals surface area (Å²) in [6.07, 6.45) is 1.85. The van der Waals surface area contributed by atoms with E-state index in [0.29, 0.717) is 18.2 Å². The highest BCUT2D eigenvalue weighted by molar-refractivity contribution is 5.95. The van der Waals surface area contributed by atoms with Gasteiger partial charge in [-0.1, -0.05) is 13.8 Å². The van der Waals surface area contributed by atoms with Gasteiger partial charge >= 0.3 is 0 Å². The minimum Gasteiger partial charge on any atom is -0.313 e. The van der Waals surface area contributed by atoms with Crippen LogP contribution < -0.4 is 5.32 Å². The Bertz CT molecular complexity index is 304. The standard InChI is InChI=1S/C10H17N3O/c1-8(2)7-13-5-4-9(12-13)10(14)6-11-3/h4-5,8,11H,6-7H2,1-3H3. The topological polar surface area (TPSA) is 46.9 Å². The van der Waals surface area contributed by atoms with E-state index >= 15 is 0 Å². The molecule has 0 amide bonds. The first-order valence-electron chi connectivity index (χ1n) is 4.84. The van der Waals surface area contributed by atoms with Crippen LogP contribution in [-0.2, 0) is 6.54 Å². The quantitative estimate of drug-likeness (QED) is 0.711. The molecule has 1 aromatic heterocycles. The van der Waals surface area contributed by atoms with E-state index in [0.717, 1.165) is 6.54 Å². The summed E-state index contributed by atoms with van der Waals surface area (Å²) in [6, 6.07) is 1.77. The molecule has 78 valence electrons. The Labute approximate surface area is 84.3 Å². The molecule has 0 aliphatic rings. The van der Waals surface area contributed by atoms with E-state index in [2.05, 4.69) is 24.3 Å². The van der Waals surface area contributed by atoms with Crippen molar-refractivity contribution in [3.8, 4) is 0 Å². The molecule has 0 aliphatic heterocycles. The number of aromatic nitrogens is 2. The Balaban J connectivity index is 2.63. The summed E-state index contributed by atoms with van der Waals surface area (Å²) in [7, 11) is 1.75. The van der Waals surface area contributed by atoms with Gasteiger partial charge in [0.2, 0.25) is 0 Å². The molecule has 0 radical (unpaired) electrons. The van der Waals surface area contributed by atoms with E-state index in [9.17, 15) is 4.79 Å². The third-order valence-electron chi connectivity index (χ3n) is 1.82. The molecule has 0 aromatic carbocycles. The van der Waals surface area contributed by atoms with Gasteiger partial charge < -0.3 is 5.32 Å². The SMILES string of the molecule is CNCC(=O)c1ccn(CC(C)C)n1. The van der Waals surface area contributed by atoms with E-state index in [1.54, 1.807) is 13.1 Å². The monoisotopic (exact) mass is 195 g/mol. The van der Waals surface area contributed by atoms with Crippen LogP contribution in [0, 0.1) is 5.92 Å². The number of Topliss-reactive ketones (excluding diaryl/α,β-unsaturated/α-hetero) is 1. The highest BCUT2D eigenvalue weighted by Gasteiger charge is 2.08. The summed E-state index contributed by atoms with van der Waals surface area (Å²) in [6.45, 7) is 5.44. The molecule has 0 aliphatic carbocycles. The Kier molecular flexibility index (Phi) is 3.83. The van der Waals surface area contributed by atoms with Crippen LogP contribution in [0.3, 0.4) is 0 Å². The van der Waals surface area contributed by atoms with E-state index < -0.39 is 0 Å². The molecule has 4 nitrogen and oxygen atoms in total. The molecule has 0 saturated heterocycles. The minimum absolute atomic E-state index is 0.0370. The smallest absolute Gasteiger partial charge is 0.196 e. The Morgan fingerprint density at radius 2 is 2.36 bits per heavy atom. The van der Waals surface area contributed by atoms with Gasteiger partial charge in [-0.15, -0.1) is 0 Å². The fourth-order valence-electron chi connectivity index (χ4n) is 1.24. The van der Waals surface area contributed by atoms with Crippen LogP contribution >= 0.6 is 0 Å². The number of hydrogen-bond donors (Lipinski definition) is 1. The fraction of sp³-hybridized carbons (Fsp3) is 0.600. The molecule has 0 saturated carbocycles. The normalized spacial score (nSPS) is 10.9. The predicted octanol–water partition coefficient (Wildman–Crippen LogP) is 0.941. The van der Waals surface area contributed by atoms with Crippen molar-refractivity contribution in [1.29, 1.82) is 0 Å². The maximum absolute atomic E-state index is 11.4. The molecular formula is C10H17N3O.